The van der Waals surface area contributed by atoms with E-state index in [1.165, 1.54) is 17.4 Å². The van der Waals surface area contributed by atoms with E-state index >= 15 is 0 Å². The van der Waals surface area contributed by atoms with Gasteiger partial charge in [-0.3, -0.25) is 4.79 Å². The molecule has 0 bridgehead atoms. The van der Waals surface area contributed by atoms with Crippen LogP contribution in [0.1, 0.15) is 22.2 Å². The zero-order valence-electron chi connectivity index (χ0n) is 12.1. The number of carbonyl (C=O) groups is 1. The summed E-state index contributed by atoms with van der Waals surface area (Å²) in [6.07, 6.45) is 2.07. The molecule has 0 fully saturated rings. The number of amides is 1. The van der Waals surface area contributed by atoms with Gasteiger partial charge in [-0.15, -0.1) is 0 Å². The van der Waals surface area contributed by atoms with Crippen molar-refractivity contribution in [3.8, 4) is 0 Å². The van der Waals surface area contributed by atoms with Crippen LogP contribution in [0.4, 0.5) is 9.52 Å². The summed E-state index contributed by atoms with van der Waals surface area (Å²) in [5, 5.41) is 3.81. The van der Waals surface area contributed by atoms with Gasteiger partial charge in [0.25, 0.3) is 5.91 Å². The topological polar surface area (TPSA) is 45.2 Å². The highest BCUT2D eigenvalue weighted by Crippen LogP contribution is 2.19. The normalized spacial score (nSPS) is 10.4. The Morgan fingerprint density at radius 2 is 2.19 bits per heavy atom. The fourth-order valence-electron chi connectivity index (χ4n) is 1.88. The van der Waals surface area contributed by atoms with Crippen molar-refractivity contribution in [2.24, 2.45) is 0 Å². The minimum absolute atomic E-state index is 0.0898. The Balaban J connectivity index is 1.94. The monoisotopic (exact) mass is 307 g/mol. The summed E-state index contributed by atoms with van der Waals surface area (Å²) in [5.74, 6) is -0.321. The molecular weight excluding hydrogens is 289 g/mol. The molecule has 0 aliphatic carbocycles. The molecule has 0 aliphatic rings. The number of likely N-dealkylation sites (N-methyl/N-ethyl adjacent to an activating group) is 1. The van der Waals surface area contributed by atoms with Crippen molar-refractivity contribution in [2.45, 2.75) is 13.3 Å². The Labute approximate surface area is 127 Å². The standard InChI is InChI=1S/C15H18FN3OS/c1-3-17-15-18-10-13(21-15)14(20)19(2)9-8-11-6-4-5-7-12(11)16/h4-7,10H,3,8-9H2,1-2H3,(H,17,18). The van der Waals surface area contributed by atoms with Gasteiger partial charge in [-0.05, 0) is 25.0 Å². The zero-order valence-corrected chi connectivity index (χ0v) is 12.9. The first kappa shape index (κ1) is 15.4. The minimum Gasteiger partial charge on any atom is -0.362 e. The number of nitrogens with zero attached hydrogens (tertiary/aromatic N) is 2. The van der Waals surface area contributed by atoms with Crippen LogP contribution in [0.2, 0.25) is 0 Å². The van der Waals surface area contributed by atoms with Crippen LogP contribution in [-0.4, -0.2) is 35.9 Å². The molecule has 1 heterocycles. The summed E-state index contributed by atoms with van der Waals surface area (Å²) < 4.78 is 13.5. The molecule has 1 aromatic heterocycles. The van der Waals surface area contributed by atoms with Crippen molar-refractivity contribution >= 4 is 22.4 Å². The van der Waals surface area contributed by atoms with Gasteiger partial charge in [-0.1, -0.05) is 29.5 Å². The van der Waals surface area contributed by atoms with E-state index in [4.69, 9.17) is 0 Å². The van der Waals surface area contributed by atoms with Crippen LogP contribution in [-0.2, 0) is 6.42 Å². The number of aromatic nitrogens is 1. The molecule has 0 radical (unpaired) electrons. The average molecular weight is 307 g/mol. The SMILES string of the molecule is CCNc1ncc(C(=O)N(C)CCc2ccccc2F)s1. The van der Waals surface area contributed by atoms with Crippen molar-refractivity contribution in [1.29, 1.82) is 0 Å². The highest BCUT2D eigenvalue weighted by atomic mass is 32.1. The third kappa shape index (κ3) is 4.01. The Bertz CT molecular complexity index is 614. The predicted molar refractivity (Wildman–Crippen MR) is 83.3 cm³/mol. The van der Waals surface area contributed by atoms with Crippen LogP contribution < -0.4 is 5.32 Å². The lowest BCUT2D eigenvalue weighted by Gasteiger charge is -2.16. The Morgan fingerprint density at radius 1 is 1.43 bits per heavy atom. The molecule has 1 N–H and O–H groups in total. The molecule has 2 aromatic rings. The second-order valence-corrected chi connectivity index (χ2v) is 5.66. The van der Waals surface area contributed by atoms with Crippen LogP contribution in [0.25, 0.3) is 0 Å². The molecule has 112 valence electrons. The van der Waals surface area contributed by atoms with Gasteiger partial charge in [0.15, 0.2) is 5.13 Å². The highest BCUT2D eigenvalue weighted by Gasteiger charge is 2.15. The molecule has 0 atom stereocenters. The van der Waals surface area contributed by atoms with E-state index in [0.717, 1.165) is 11.7 Å². The number of benzene rings is 1. The smallest absolute Gasteiger partial charge is 0.265 e. The molecule has 6 heteroatoms. The lowest BCUT2D eigenvalue weighted by atomic mass is 10.1. The van der Waals surface area contributed by atoms with Gasteiger partial charge in [0, 0.05) is 20.1 Å². The van der Waals surface area contributed by atoms with E-state index in [9.17, 15) is 9.18 Å². The quantitative estimate of drug-likeness (QED) is 0.892. The molecule has 0 saturated carbocycles. The summed E-state index contributed by atoms with van der Waals surface area (Å²) >= 11 is 1.33. The van der Waals surface area contributed by atoms with Crippen molar-refractivity contribution in [1.82, 2.24) is 9.88 Å². The maximum atomic E-state index is 13.5. The molecule has 4 nitrogen and oxygen atoms in total. The maximum Gasteiger partial charge on any atom is 0.265 e. The Morgan fingerprint density at radius 3 is 2.90 bits per heavy atom. The van der Waals surface area contributed by atoms with Gasteiger partial charge in [0.2, 0.25) is 0 Å². The lowest BCUT2D eigenvalue weighted by Crippen LogP contribution is -2.28. The van der Waals surface area contributed by atoms with Crippen LogP contribution in [0, 0.1) is 5.82 Å². The molecule has 0 spiro atoms. The van der Waals surface area contributed by atoms with Gasteiger partial charge in [0.1, 0.15) is 10.7 Å². The number of halogens is 1. The van der Waals surface area contributed by atoms with Crippen LogP contribution in [0.3, 0.4) is 0 Å². The van der Waals surface area contributed by atoms with E-state index < -0.39 is 0 Å². The zero-order chi connectivity index (χ0) is 15.2. The third-order valence-electron chi connectivity index (χ3n) is 3.07. The van der Waals surface area contributed by atoms with Gasteiger partial charge >= 0.3 is 0 Å². The van der Waals surface area contributed by atoms with Crippen molar-refractivity contribution in [2.75, 3.05) is 25.5 Å². The number of thiazole rings is 1. The van der Waals surface area contributed by atoms with Gasteiger partial charge in [-0.25, -0.2) is 9.37 Å². The van der Waals surface area contributed by atoms with Crippen molar-refractivity contribution < 1.29 is 9.18 Å². The number of carbonyl (C=O) groups excluding carboxylic acids is 1. The lowest BCUT2D eigenvalue weighted by molar-refractivity contribution is 0.0801. The minimum atomic E-state index is -0.231. The summed E-state index contributed by atoms with van der Waals surface area (Å²) in [6, 6.07) is 6.63. The average Bonchev–Trinajstić information content (AvgIpc) is 2.94. The van der Waals surface area contributed by atoms with E-state index in [-0.39, 0.29) is 11.7 Å². The Hall–Kier alpha value is -1.95. The molecule has 0 unspecified atom stereocenters. The number of rotatable bonds is 6. The van der Waals surface area contributed by atoms with Crippen LogP contribution in [0.5, 0.6) is 0 Å². The van der Waals surface area contributed by atoms with Gasteiger partial charge < -0.3 is 10.2 Å². The summed E-state index contributed by atoms with van der Waals surface area (Å²) in [5.41, 5.74) is 0.620. The number of hydrogen-bond acceptors (Lipinski definition) is 4. The van der Waals surface area contributed by atoms with E-state index in [1.54, 1.807) is 36.3 Å². The van der Waals surface area contributed by atoms with E-state index in [1.807, 2.05) is 6.92 Å². The molecule has 2 rings (SSSR count). The first-order valence-corrected chi connectivity index (χ1v) is 7.62. The fraction of sp³-hybridized carbons (Fsp3) is 0.333. The predicted octanol–water partition coefficient (Wildman–Crippen LogP) is 3.03. The summed E-state index contributed by atoms with van der Waals surface area (Å²) in [6.45, 7) is 3.21. The first-order chi connectivity index (χ1) is 10.1. The van der Waals surface area contributed by atoms with E-state index in [2.05, 4.69) is 10.3 Å². The van der Waals surface area contributed by atoms with Crippen molar-refractivity contribution in [3.05, 3.63) is 46.7 Å². The maximum absolute atomic E-state index is 13.5. The largest absolute Gasteiger partial charge is 0.362 e. The van der Waals surface area contributed by atoms with Crippen LogP contribution in [0.15, 0.2) is 30.5 Å². The van der Waals surface area contributed by atoms with Gasteiger partial charge in [-0.2, -0.15) is 0 Å². The molecule has 0 aliphatic heterocycles. The fourth-order valence-corrected chi connectivity index (χ4v) is 2.76. The number of hydrogen-bond donors (Lipinski definition) is 1. The number of anilines is 1. The second-order valence-electron chi connectivity index (χ2n) is 4.63. The van der Waals surface area contributed by atoms with Gasteiger partial charge in [0.05, 0.1) is 6.20 Å². The second kappa shape index (κ2) is 7.17. The molecule has 21 heavy (non-hydrogen) atoms. The van der Waals surface area contributed by atoms with Crippen molar-refractivity contribution in [3.63, 3.8) is 0 Å². The number of nitrogens with one attached hydrogen (secondary N) is 1. The highest BCUT2D eigenvalue weighted by molar-refractivity contribution is 7.17. The third-order valence-corrected chi connectivity index (χ3v) is 4.01. The molecular formula is C15H18FN3OS. The molecule has 1 aromatic carbocycles. The molecule has 0 saturated heterocycles. The first-order valence-electron chi connectivity index (χ1n) is 6.80. The summed E-state index contributed by atoms with van der Waals surface area (Å²) in [4.78, 5) is 18.6. The van der Waals surface area contributed by atoms with E-state index in [0.29, 0.717) is 23.4 Å². The summed E-state index contributed by atoms with van der Waals surface area (Å²) in [7, 11) is 1.72. The Kier molecular flexibility index (Phi) is 5.27. The molecule has 1 amide bonds. The van der Waals surface area contributed by atoms with Crippen LogP contribution >= 0.6 is 11.3 Å².